The summed E-state index contributed by atoms with van der Waals surface area (Å²) in [4.78, 5) is 19.2. The van der Waals surface area contributed by atoms with Gasteiger partial charge in [-0.3, -0.25) is 4.79 Å². The molecule has 0 aromatic heterocycles. The Balaban J connectivity index is -0.000000556. The Bertz CT molecular complexity index is 1010. The number of allylic oxidation sites excluding steroid dienone is 5. The first-order valence-electron chi connectivity index (χ1n) is 14.6. The molecule has 0 aliphatic heterocycles. The van der Waals surface area contributed by atoms with Gasteiger partial charge in [0.05, 0.1) is 6.42 Å². The number of carbonyl (C=O) groups is 2. The molecular formula is C36H59FN2O2. The van der Waals surface area contributed by atoms with Gasteiger partial charge in [-0.1, -0.05) is 82.0 Å². The van der Waals surface area contributed by atoms with Crippen molar-refractivity contribution in [1.29, 1.82) is 0 Å². The van der Waals surface area contributed by atoms with Crippen molar-refractivity contribution in [2.24, 2.45) is 17.4 Å². The van der Waals surface area contributed by atoms with E-state index in [-0.39, 0.29) is 12.3 Å². The first-order valence-corrected chi connectivity index (χ1v) is 14.6. The van der Waals surface area contributed by atoms with E-state index in [0.29, 0.717) is 6.42 Å². The number of alkyl halides is 1. The molecule has 4 N–H and O–H groups in total. The molecule has 1 amide bonds. The van der Waals surface area contributed by atoms with Crippen molar-refractivity contribution in [3.8, 4) is 0 Å². The molecule has 0 radical (unpaired) electrons. The molecule has 1 aromatic rings. The number of primary amides is 1. The molecule has 1 aromatic carbocycles. The standard InChI is InChI=1S/C19H26.C9H13NO.C5H11F.C2H4O.CH5N/c1-6-15-12-16(7-2)19(14(5)18(15)8-3)11-13(4)17-9-10-17;1-3-5-6-8(4-2)7-9(10)11;1-4-5(2,3)6;1-2-3;1-2/h7,11-12,17H,2,6,8-10H2,1,3-5H3;3-6H,2,7H2,1H3,(H2,10,11);4H2,1-3H3;2H,1H3;2H2,1H3/b13-11+;5-3-,8-6+;;;. The molecule has 0 atom stereocenters. The van der Waals surface area contributed by atoms with E-state index in [4.69, 9.17) is 10.5 Å². The highest BCUT2D eigenvalue weighted by Crippen LogP contribution is 2.38. The van der Waals surface area contributed by atoms with Crippen molar-refractivity contribution in [3.05, 3.63) is 82.5 Å². The lowest BCUT2D eigenvalue weighted by molar-refractivity contribution is -0.117. The number of aryl methyl sites for hydroxylation is 1. The smallest absolute Gasteiger partial charge is 0.221 e. The van der Waals surface area contributed by atoms with Crippen LogP contribution in [-0.4, -0.2) is 24.9 Å². The van der Waals surface area contributed by atoms with Gasteiger partial charge in [-0.05, 0) is 120 Å². The summed E-state index contributed by atoms with van der Waals surface area (Å²) in [6, 6.07) is 2.34. The number of carbonyl (C=O) groups excluding carboxylic acids is 2. The van der Waals surface area contributed by atoms with Crippen LogP contribution in [0.25, 0.3) is 12.2 Å². The van der Waals surface area contributed by atoms with Crippen molar-refractivity contribution >= 4 is 24.3 Å². The zero-order valence-electron chi connectivity index (χ0n) is 27.7. The summed E-state index contributed by atoms with van der Waals surface area (Å²) in [6.07, 6.45) is 18.2. The van der Waals surface area contributed by atoms with Crippen LogP contribution in [0.1, 0.15) is 109 Å². The summed E-state index contributed by atoms with van der Waals surface area (Å²) in [5.74, 6) is 0.508. The highest BCUT2D eigenvalue weighted by molar-refractivity contribution is 5.77. The van der Waals surface area contributed by atoms with Gasteiger partial charge in [-0.15, -0.1) is 0 Å². The molecule has 1 fully saturated rings. The predicted octanol–water partition coefficient (Wildman–Crippen LogP) is 9.05. The lowest BCUT2D eigenvalue weighted by atomic mass is 9.88. The van der Waals surface area contributed by atoms with Gasteiger partial charge in [-0.2, -0.15) is 0 Å². The second-order valence-corrected chi connectivity index (χ2v) is 10.1. The van der Waals surface area contributed by atoms with E-state index in [1.54, 1.807) is 19.9 Å². The zero-order chi connectivity index (χ0) is 32.6. The second kappa shape index (κ2) is 24.7. The number of nitrogens with two attached hydrogens (primary N) is 2. The molecule has 4 nitrogen and oxygen atoms in total. The van der Waals surface area contributed by atoms with E-state index >= 15 is 0 Å². The van der Waals surface area contributed by atoms with Crippen molar-refractivity contribution in [2.75, 3.05) is 7.05 Å². The van der Waals surface area contributed by atoms with E-state index in [9.17, 15) is 9.18 Å². The van der Waals surface area contributed by atoms with Crippen molar-refractivity contribution in [2.45, 2.75) is 107 Å². The highest BCUT2D eigenvalue weighted by atomic mass is 19.1. The molecule has 5 heteroatoms. The Morgan fingerprint density at radius 1 is 1.12 bits per heavy atom. The first kappa shape index (κ1) is 42.4. The maximum Gasteiger partial charge on any atom is 0.221 e. The number of hydrogen-bond donors (Lipinski definition) is 2. The van der Waals surface area contributed by atoms with Crippen LogP contribution >= 0.6 is 0 Å². The molecule has 1 aliphatic rings. The summed E-state index contributed by atoms with van der Waals surface area (Å²) in [7, 11) is 1.50. The van der Waals surface area contributed by atoms with E-state index in [1.165, 1.54) is 60.2 Å². The Kier molecular flexibility index (Phi) is 25.6. The lowest BCUT2D eigenvalue weighted by Gasteiger charge is -2.16. The third-order valence-electron chi connectivity index (χ3n) is 6.42. The number of aldehydes is 1. The fourth-order valence-corrected chi connectivity index (χ4v) is 3.64. The van der Waals surface area contributed by atoms with E-state index < -0.39 is 5.67 Å². The molecule has 1 aliphatic carbocycles. The molecule has 0 spiro atoms. The van der Waals surface area contributed by atoms with Crippen LogP contribution in [0.15, 0.2) is 54.7 Å². The minimum absolute atomic E-state index is 0.258. The Labute approximate surface area is 251 Å². The topological polar surface area (TPSA) is 86.2 Å². The number of halogens is 1. The fourth-order valence-electron chi connectivity index (χ4n) is 3.64. The van der Waals surface area contributed by atoms with Crippen LogP contribution in [0.4, 0.5) is 4.39 Å². The predicted molar refractivity (Wildman–Crippen MR) is 181 cm³/mol. The summed E-state index contributed by atoms with van der Waals surface area (Å²) in [5.41, 5.74) is 18.1. The van der Waals surface area contributed by atoms with Gasteiger partial charge in [-0.25, -0.2) is 4.39 Å². The molecule has 0 heterocycles. The SMILES string of the molecule is C=C/C(=C\C=C/C)CC(N)=O.C=Cc1cc(CC)c(CC)c(C)c1/C=C(\C)C1CC1.CC=O.CCC(C)(C)F.CN. The van der Waals surface area contributed by atoms with E-state index in [0.717, 1.165) is 30.6 Å². The van der Waals surface area contributed by atoms with Gasteiger partial charge < -0.3 is 16.3 Å². The molecule has 2 rings (SSSR count). The monoisotopic (exact) mass is 570 g/mol. The van der Waals surface area contributed by atoms with Crippen LogP contribution < -0.4 is 11.5 Å². The van der Waals surface area contributed by atoms with Gasteiger partial charge in [0.25, 0.3) is 0 Å². The number of benzene rings is 1. The number of amides is 1. The minimum atomic E-state index is -0.958. The summed E-state index contributed by atoms with van der Waals surface area (Å²) >= 11 is 0. The van der Waals surface area contributed by atoms with Crippen LogP contribution in [0.3, 0.4) is 0 Å². The Hall–Kier alpha value is -3.05. The summed E-state index contributed by atoms with van der Waals surface area (Å²) < 4.78 is 12.1. The quantitative estimate of drug-likeness (QED) is 0.217. The van der Waals surface area contributed by atoms with Crippen LogP contribution in [-0.2, 0) is 22.4 Å². The Morgan fingerprint density at radius 3 is 1.95 bits per heavy atom. The minimum Gasteiger partial charge on any atom is -0.369 e. The van der Waals surface area contributed by atoms with E-state index in [1.807, 2.05) is 38.2 Å². The van der Waals surface area contributed by atoms with E-state index in [2.05, 4.69) is 58.7 Å². The van der Waals surface area contributed by atoms with Crippen LogP contribution in [0.2, 0.25) is 0 Å². The lowest BCUT2D eigenvalue weighted by Crippen LogP contribution is -2.10. The molecule has 0 saturated heterocycles. The van der Waals surface area contributed by atoms with Gasteiger partial charge in [0.2, 0.25) is 5.91 Å². The zero-order valence-corrected chi connectivity index (χ0v) is 27.7. The van der Waals surface area contributed by atoms with Gasteiger partial charge in [0.1, 0.15) is 12.0 Å². The largest absolute Gasteiger partial charge is 0.369 e. The number of hydrogen-bond acceptors (Lipinski definition) is 3. The second-order valence-electron chi connectivity index (χ2n) is 10.1. The molecule has 0 unspecified atom stereocenters. The van der Waals surface area contributed by atoms with Crippen molar-refractivity contribution in [3.63, 3.8) is 0 Å². The third-order valence-corrected chi connectivity index (χ3v) is 6.42. The maximum atomic E-state index is 12.1. The van der Waals surface area contributed by atoms with Crippen LogP contribution in [0.5, 0.6) is 0 Å². The Morgan fingerprint density at radius 2 is 1.63 bits per heavy atom. The normalized spacial score (nSPS) is 12.7. The molecular weight excluding hydrogens is 511 g/mol. The summed E-state index contributed by atoms with van der Waals surface area (Å²) in [6.45, 7) is 25.0. The van der Waals surface area contributed by atoms with Gasteiger partial charge >= 0.3 is 0 Å². The van der Waals surface area contributed by atoms with Crippen molar-refractivity contribution in [1.82, 2.24) is 0 Å². The molecule has 232 valence electrons. The van der Waals surface area contributed by atoms with Gasteiger partial charge in [0.15, 0.2) is 0 Å². The van der Waals surface area contributed by atoms with Crippen LogP contribution in [0, 0.1) is 12.8 Å². The van der Waals surface area contributed by atoms with Gasteiger partial charge in [0, 0.05) is 0 Å². The third kappa shape index (κ3) is 20.5. The average Bonchev–Trinajstić information content (AvgIpc) is 3.79. The highest BCUT2D eigenvalue weighted by Gasteiger charge is 2.23. The fraction of sp³-hybridized carbons (Fsp3) is 0.500. The average molecular weight is 571 g/mol. The maximum absolute atomic E-state index is 12.1. The summed E-state index contributed by atoms with van der Waals surface area (Å²) in [5, 5.41) is 0. The number of rotatable bonds is 10. The molecule has 1 saturated carbocycles. The van der Waals surface area contributed by atoms with Crippen molar-refractivity contribution < 1.29 is 14.0 Å². The molecule has 0 bridgehead atoms. The molecule has 41 heavy (non-hydrogen) atoms. The first-order chi connectivity index (χ1) is 19.3.